The molecule has 0 aromatic carbocycles. The number of nitrogens with one attached hydrogen (secondary N) is 1. The first kappa shape index (κ1) is 13.0. The molecule has 0 radical (unpaired) electrons. The Hall–Kier alpha value is -1.46. The summed E-state index contributed by atoms with van der Waals surface area (Å²) in [6.45, 7) is 5.82. The highest BCUT2D eigenvalue weighted by molar-refractivity contribution is 7.12. The van der Waals surface area contributed by atoms with Crippen molar-refractivity contribution in [2.75, 3.05) is 6.61 Å². The van der Waals surface area contributed by atoms with Crippen molar-refractivity contribution in [3.05, 3.63) is 37.4 Å². The monoisotopic (exact) mass is 264 g/mol. The number of thiophene rings is 1. The van der Waals surface area contributed by atoms with Crippen molar-refractivity contribution >= 4 is 11.3 Å². The minimum atomic E-state index is -0.158. The second-order valence-corrected chi connectivity index (χ2v) is 5.74. The van der Waals surface area contributed by atoms with Crippen molar-refractivity contribution in [1.29, 1.82) is 0 Å². The van der Waals surface area contributed by atoms with Crippen LogP contribution in [0.3, 0.4) is 0 Å². The summed E-state index contributed by atoms with van der Waals surface area (Å²) in [4.78, 5) is 21.5. The summed E-state index contributed by atoms with van der Waals surface area (Å²) in [6, 6.07) is 2.03. The fourth-order valence-corrected chi connectivity index (χ4v) is 2.94. The van der Waals surface area contributed by atoms with Crippen LogP contribution in [0.25, 0.3) is 11.4 Å². The zero-order valence-electron chi connectivity index (χ0n) is 10.7. The van der Waals surface area contributed by atoms with E-state index in [1.807, 2.05) is 19.9 Å². The van der Waals surface area contributed by atoms with Crippen molar-refractivity contribution < 1.29 is 5.11 Å². The number of aryl methyl sites for hydroxylation is 3. The van der Waals surface area contributed by atoms with E-state index in [4.69, 9.17) is 5.11 Å². The second-order valence-electron chi connectivity index (χ2n) is 4.28. The highest BCUT2D eigenvalue weighted by Crippen LogP contribution is 2.27. The Morgan fingerprint density at radius 3 is 2.61 bits per heavy atom. The molecular weight excluding hydrogens is 248 g/mol. The number of hydrogen-bond acceptors (Lipinski definition) is 4. The van der Waals surface area contributed by atoms with Gasteiger partial charge in [-0.3, -0.25) is 4.79 Å². The molecule has 2 N–H and O–H groups in total. The molecule has 2 rings (SSSR count). The third kappa shape index (κ3) is 2.37. The predicted molar refractivity (Wildman–Crippen MR) is 73.2 cm³/mol. The molecule has 0 unspecified atom stereocenters. The molecule has 2 aromatic heterocycles. The Balaban J connectivity index is 2.55. The molecule has 2 heterocycles. The molecule has 0 aliphatic heterocycles. The van der Waals surface area contributed by atoms with Gasteiger partial charge in [0, 0.05) is 39.6 Å². The van der Waals surface area contributed by atoms with E-state index in [1.165, 1.54) is 4.88 Å². The van der Waals surface area contributed by atoms with Crippen LogP contribution >= 0.6 is 11.3 Å². The van der Waals surface area contributed by atoms with Crippen molar-refractivity contribution in [3.8, 4) is 11.4 Å². The molecule has 0 spiro atoms. The average Bonchev–Trinajstić information content (AvgIpc) is 2.63. The summed E-state index contributed by atoms with van der Waals surface area (Å²) < 4.78 is 0. The van der Waals surface area contributed by atoms with E-state index >= 15 is 0 Å². The molecule has 0 atom stereocenters. The number of hydrogen-bond donors (Lipinski definition) is 2. The van der Waals surface area contributed by atoms with Crippen LogP contribution in [0, 0.1) is 20.8 Å². The number of rotatable bonds is 3. The smallest absolute Gasteiger partial charge is 0.254 e. The maximum absolute atomic E-state index is 11.9. The van der Waals surface area contributed by atoms with Crippen molar-refractivity contribution in [1.82, 2.24) is 9.97 Å². The second kappa shape index (κ2) is 5.04. The molecule has 0 bridgehead atoms. The average molecular weight is 264 g/mol. The molecule has 5 heteroatoms. The number of H-pyrrole nitrogens is 1. The van der Waals surface area contributed by atoms with Crippen molar-refractivity contribution in [3.63, 3.8) is 0 Å². The quantitative estimate of drug-likeness (QED) is 0.890. The molecule has 0 aliphatic carbocycles. The summed E-state index contributed by atoms with van der Waals surface area (Å²) in [5.74, 6) is 0.612. The first-order chi connectivity index (χ1) is 8.52. The molecule has 0 saturated heterocycles. The normalized spacial score (nSPS) is 10.9. The highest BCUT2D eigenvalue weighted by Gasteiger charge is 2.12. The highest BCUT2D eigenvalue weighted by atomic mass is 32.1. The third-order valence-corrected chi connectivity index (χ3v) is 3.85. The minimum absolute atomic E-state index is 0.0401. The van der Waals surface area contributed by atoms with Gasteiger partial charge in [0.1, 0.15) is 5.82 Å². The lowest BCUT2D eigenvalue weighted by Crippen LogP contribution is -2.18. The SMILES string of the molecule is Cc1cc(-c2nc(C)c(CCO)c(=O)[nH]2)c(C)s1. The minimum Gasteiger partial charge on any atom is -0.396 e. The molecule has 0 saturated carbocycles. The largest absolute Gasteiger partial charge is 0.396 e. The van der Waals surface area contributed by atoms with E-state index in [0.29, 0.717) is 23.5 Å². The van der Waals surface area contributed by atoms with Gasteiger partial charge in [0.25, 0.3) is 5.56 Å². The Bertz CT molecular complexity index is 628. The molecule has 0 fully saturated rings. The maximum Gasteiger partial charge on any atom is 0.254 e. The van der Waals surface area contributed by atoms with Gasteiger partial charge in [0.05, 0.1) is 0 Å². The summed E-state index contributed by atoms with van der Waals surface area (Å²) in [6.07, 6.45) is 0.343. The predicted octanol–water partition coefficient (Wildman–Crippen LogP) is 1.96. The maximum atomic E-state index is 11.9. The van der Waals surface area contributed by atoms with Gasteiger partial charge in [0.15, 0.2) is 0 Å². The fraction of sp³-hybridized carbons (Fsp3) is 0.385. The fourth-order valence-electron chi connectivity index (χ4n) is 2.01. The Morgan fingerprint density at radius 1 is 1.39 bits per heavy atom. The van der Waals surface area contributed by atoms with Crippen molar-refractivity contribution in [2.45, 2.75) is 27.2 Å². The first-order valence-corrected chi connectivity index (χ1v) is 6.62. The zero-order valence-corrected chi connectivity index (χ0v) is 11.5. The number of aromatic amines is 1. The van der Waals surface area contributed by atoms with Crippen LogP contribution < -0.4 is 5.56 Å². The number of nitrogens with zero attached hydrogens (tertiary/aromatic N) is 1. The zero-order chi connectivity index (χ0) is 13.3. The number of aromatic nitrogens is 2. The topological polar surface area (TPSA) is 66.0 Å². The Labute approximate surface area is 109 Å². The lowest BCUT2D eigenvalue weighted by molar-refractivity contribution is 0.298. The summed E-state index contributed by atoms with van der Waals surface area (Å²) in [5.41, 5.74) is 2.07. The van der Waals surface area contributed by atoms with Crippen LogP contribution in [0.1, 0.15) is 21.0 Å². The van der Waals surface area contributed by atoms with Gasteiger partial charge >= 0.3 is 0 Å². The molecule has 18 heavy (non-hydrogen) atoms. The molecular formula is C13H16N2O2S. The van der Waals surface area contributed by atoms with Crippen LogP contribution in [-0.2, 0) is 6.42 Å². The molecule has 96 valence electrons. The first-order valence-electron chi connectivity index (χ1n) is 5.81. The number of aliphatic hydroxyl groups is 1. The van der Waals surface area contributed by atoms with Crippen LogP contribution in [0.15, 0.2) is 10.9 Å². The van der Waals surface area contributed by atoms with Gasteiger partial charge in [-0.15, -0.1) is 11.3 Å². The molecule has 4 nitrogen and oxygen atoms in total. The van der Waals surface area contributed by atoms with Crippen LogP contribution in [0.4, 0.5) is 0 Å². The van der Waals surface area contributed by atoms with Crippen LogP contribution in [-0.4, -0.2) is 21.7 Å². The standard InChI is InChI=1S/C13H16N2O2S/c1-7-6-11(9(3)18-7)12-14-8(2)10(4-5-16)13(17)15-12/h6,16H,4-5H2,1-3H3,(H,14,15,17). The summed E-state index contributed by atoms with van der Waals surface area (Å²) in [5, 5.41) is 8.92. The third-order valence-electron chi connectivity index (χ3n) is 2.88. The van der Waals surface area contributed by atoms with Crippen molar-refractivity contribution in [2.24, 2.45) is 0 Å². The number of aliphatic hydroxyl groups excluding tert-OH is 1. The summed E-state index contributed by atoms with van der Waals surface area (Å²) >= 11 is 1.69. The molecule has 0 amide bonds. The van der Waals surface area contributed by atoms with E-state index in [0.717, 1.165) is 10.4 Å². The van der Waals surface area contributed by atoms with Crippen LogP contribution in [0.2, 0.25) is 0 Å². The van der Waals surface area contributed by atoms with E-state index in [9.17, 15) is 4.79 Å². The lowest BCUT2D eigenvalue weighted by Gasteiger charge is -2.05. The van der Waals surface area contributed by atoms with Gasteiger partial charge < -0.3 is 10.1 Å². The van der Waals surface area contributed by atoms with Gasteiger partial charge in [-0.25, -0.2) is 4.98 Å². The Morgan fingerprint density at radius 2 is 2.11 bits per heavy atom. The van der Waals surface area contributed by atoms with Gasteiger partial charge in [0.2, 0.25) is 0 Å². The van der Waals surface area contributed by atoms with E-state index in [1.54, 1.807) is 18.3 Å². The lowest BCUT2D eigenvalue weighted by atomic mass is 10.1. The van der Waals surface area contributed by atoms with E-state index in [-0.39, 0.29) is 12.2 Å². The van der Waals surface area contributed by atoms with E-state index < -0.39 is 0 Å². The molecule has 2 aromatic rings. The summed E-state index contributed by atoms with van der Waals surface area (Å²) in [7, 11) is 0. The van der Waals surface area contributed by atoms with Gasteiger partial charge in [-0.2, -0.15) is 0 Å². The Kier molecular flexibility index (Phi) is 3.63. The van der Waals surface area contributed by atoms with Gasteiger partial charge in [-0.05, 0) is 26.8 Å². The van der Waals surface area contributed by atoms with Gasteiger partial charge in [-0.1, -0.05) is 0 Å². The van der Waals surface area contributed by atoms with Crippen LogP contribution in [0.5, 0.6) is 0 Å². The van der Waals surface area contributed by atoms with E-state index in [2.05, 4.69) is 9.97 Å². The molecule has 0 aliphatic rings.